The molecule has 1 heterocycles. The molecule has 9 heteroatoms. The standard InChI is InChI=1S/C30H40N6O2S/c1-8-22(20-36(5)6)23-10-9-11-24(17-23)29-32-19-28(25(18-31-4)16-21(2)3)30(34-29)33-26-12-14-27(15-13-26)35-39(7,37)38/h8-11,16-20,26-27,35H,1-2,12-15H2,3-7H3,(H,32,33,34)/b22-20+,25-16+,31-18?. The zero-order valence-electron chi connectivity index (χ0n) is 23.6. The summed E-state index contributed by atoms with van der Waals surface area (Å²) < 4.78 is 26.1. The molecule has 0 amide bonds. The van der Waals surface area contributed by atoms with Crippen LogP contribution in [0.25, 0.3) is 22.5 Å². The summed E-state index contributed by atoms with van der Waals surface area (Å²) in [6, 6.07) is 8.21. The van der Waals surface area contributed by atoms with Crippen molar-refractivity contribution in [3.05, 3.63) is 78.7 Å². The van der Waals surface area contributed by atoms with Gasteiger partial charge in [-0.2, -0.15) is 0 Å². The fourth-order valence-corrected chi connectivity index (χ4v) is 5.49. The van der Waals surface area contributed by atoms with Crippen molar-refractivity contribution >= 4 is 33.2 Å². The largest absolute Gasteiger partial charge is 0.383 e. The molecule has 208 valence electrons. The Balaban J connectivity index is 2.00. The lowest BCUT2D eigenvalue weighted by Crippen LogP contribution is -2.39. The monoisotopic (exact) mass is 548 g/mol. The third-order valence-electron chi connectivity index (χ3n) is 6.29. The molecule has 0 spiro atoms. The lowest BCUT2D eigenvalue weighted by atomic mass is 9.91. The minimum Gasteiger partial charge on any atom is -0.383 e. The van der Waals surface area contributed by atoms with E-state index >= 15 is 0 Å². The maximum absolute atomic E-state index is 11.7. The number of sulfonamides is 1. The topological polar surface area (TPSA) is 99.6 Å². The molecule has 0 saturated heterocycles. The molecule has 0 radical (unpaired) electrons. The first-order chi connectivity index (χ1) is 18.5. The van der Waals surface area contributed by atoms with Gasteiger partial charge in [0, 0.05) is 68.5 Å². The molecule has 0 atom stereocenters. The average Bonchev–Trinajstić information content (AvgIpc) is 2.87. The van der Waals surface area contributed by atoms with Gasteiger partial charge in [-0.25, -0.2) is 23.1 Å². The second kappa shape index (κ2) is 13.5. The van der Waals surface area contributed by atoms with E-state index in [9.17, 15) is 8.42 Å². The second-order valence-electron chi connectivity index (χ2n) is 10.2. The maximum atomic E-state index is 11.7. The van der Waals surface area contributed by atoms with Crippen molar-refractivity contribution < 1.29 is 8.42 Å². The minimum absolute atomic E-state index is 0.0402. The smallest absolute Gasteiger partial charge is 0.208 e. The van der Waals surface area contributed by atoms with Gasteiger partial charge in [-0.05, 0) is 49.8 Å². The van der Waals surface area contributed by atoms with Crippen molar-refractivity contribution in [1.29, 1.82) is 0 Å². The Bertz CT molecular complexity index is 1380. The number of aromatic nitrogens is 2. The molecule has 8 nitrogen and oxygen atoms in total. The van der Waals surface area contributed by atoms with E-state index < -0.39 is 10.0 Å². The van der Waals surface area contributed by atoms with Crippen molar-refractivity contribution in [3.63, 3.8) is 0 Å². The van der Waals surface area contributed by atoms with Gasteiger partial charge in [0.25, 0.3) is 0 Å². The van der Waals surface area contributed by atoms with Crippen molar-refractivity contribution in [1.82, 2.24) is 19.6 Å². The molecule has 39 heavy (non-hydrogen) atoms. The number of nitrogens with zero attached hydrogens (tertiary/aromatic N) is 4. The maximum Gasteiger partial charge on any atom is 0.208 e. The summed E-state index contributed by atoms with van der Waals surface area (Å²) in [5.41, 5.74) is 5.51. The highest BCUT2D eigenvalue weighted by Gasteiger charge is 2.24. The Hall–Kier alpha value is -3.56. The molecule has 0 unspecified atom stereocenters. The summed E-state index contributed by atoms with van der Waals surface area (Å²) >= 11 is 0. The zero-order valence-corrected chi connectivity index (χ0v) is 24.4. The van der Waals surface area contributed by atoms with Gasteiger partial charge in [0.1, 0.15) is 5.82 Å². The fraction of sp³-hybridized carbons (Fsp3) is 0.367. The molecule has 2 N–H and O–H groups in total. The molecular formula is C30H40N6O2S. The lowest BCUT2D eigenvalue weighted by molar-refractivity contribution is 0.387. The SMILES string of the molecule is C=C/C(=C\N(C)C)c1cccc(-c2ncc(/C(C=NC)=C/C(=C)C)c(NC3CCC(NS(C)(=O)=O)CC3)n2)c1. The number of anilines is 1. The van der Waals surface area contributed by atoms with Crippen LogP contribution in [0.3, 0.4) is 0 Å². The first-order valence-electron chi connectivity index (χ1n) is 13.0. The minimum atomic E-state index is -3.22. The molecule has 1 aromatic carbocycles. The van der Waals surface area contributed by atoms with Gasteiger partial charge in [-0.15, -0.1) is 0 Å². The first-order valence-corrected chi connectivity index (χ1v) is 14.9. The number of benzene rings is 1. The van der Waals surface area contributed by atoms with Crippen LogP contribution in [0.15, 0.2) is 72.5 Å². The lowest BCUT2D eigenvalue weighted by Gasteiger charge is -2.30. The van der Waals surface area contributed by atoms with Crippen molar-refractivity contribution in [2.24, 2.45) is 4.99 Å². The van der Waals surface area contributed by atoms with Gasteiger partial charge in [-0.3, -0.25) is 4.99 Å². The summed E-state index contributed by atoms with van der Waals surface area (Å²) in [4.78, 5) is 16.0. The van der Waals surface area contributed by atoms with Crippen LogP contribution in [0.5, 0.6) is 0 Å². The number of nitrogens with one attached hydrogen (secondary N) is 2. The van der Waals surface area contributed by atoms with Crippen LogP contribution < -0.4 is 10.0 Å². The molecule has 2 aromatic rings. The number of aliphatic imine (C=N–C) groups is 1. The van der Waals surface area contributed by atoms with Gasteiger partial charge >= 0.3 is 0 Å². The van der Waals surface area contributed by atoms with Crippen LogP contribution in [-0.4, -0.2) is 69.0 Å². The molecule has 0 bridgehead atoms. The molecule has 1 aliphatic rings. The molecule has 1 aliphatic carbocycles. The Morgan fingerprint density at radius 1 is 1.15 bits per heavy atom. The molecule has 3 rings (SSSR count). The van der Waals surface area contributed by atoms with Crippen LogP contribution in [0.4, 0.5) is 5.82 Å². The molecular weight excluding hydrogens is 508 g/mol. The summed E-state index contributed by atoms with van der Waals surface area (Å²) in [5.74, 6) is 1.32. The van der Waals surface area contributed by atoms with Gasteiger partial charge in [0.2, 0.25) is 10.0 Å². The normalized spacial score (nSPS) is 18.7. The number of hydrogen-bond acceptors (Lipinski definition) is 7. The summed E-state index contributed by atoms with van der Waals surface area (Å²) in [5, 5.41) is 3.64. The Kier molecular flexibility index (Phi) is 10.4. The van der Waals surface area contributed by atoms with E-state index in [4.69, 9.17) is 9.97 Å². The van der Waals surface area contributed by atoms with E-state index in [1.807, 2.05) is 68.7 Å². The van der Waals surface area contributed by atoms with E-state index in [1.165, 1.54) is 6.26 Å². The van der Waals surface area contributed by atoms with E-state index in [2.05, 4.69) is 34.3 Å². The van der Waals surface area contributed by atoms with Crippen molar-refractivity contribution in [2.75, 3.05) is 32.7 Å². The molecule has 1 fully saturated rings. The number of hydrogen-bond donors (Lipinski definition) is 2. The van der Waals surface area contributed by atoms with Crippen LogP contribution >= 0.6 is 0 Å². The van der Waals surface area contributed by atoms with E-state index in [1.54, 1.807) is 13.3 Å². The summed E-state index contributed by atoms with van der Waals surface area (Å²) in [7, 11) is 2.47. The van der Waals surface area contributed by atoms with Crippen molar-refractivity contribution in [3.8, 4) is 11.4 Å². The Morgan fingerprint density at radius 2 is 1.85 bits per heavy atom. The third-order valence-corrected chi connectivity index (χ3v) is 7.05. The quantitative estimate of drug-likeness (QED) is 0.297. The summed E-state index contributed by atoms with van der Waals surface area (Å²) in [6.07, 6.45) is 13.8. The zero-order chi connectivity index (χ0) is 28.6. The Morgan fingerprint density at radius 3 is 2.44 bits per heavy atom. The molecule has 0 aliphatic heterocycles. The van der Waals surface area contributed by atoms with E-state index in [-0.39, 0.29) is 12.1 Å². The third kappa shape index (κ3) is 9.01. The van der Waals surface area contributed by atoms with Crippen LogP contribution in [-0.2, 0) is 10.0 Å². The van der Waals surface area contributed by atoms with Gasteiger partial charge in [-0.1, -0.05) is 49.1 Å². The molecule has 1 saturated carbocycles. The second-order valence-corrected chi connectivity index (χ2v) is 12.0. The predicted octanol–water partition coefficient (Wildman–Crippen LogP) is 5.16. The number of rotatable bonds is 11. The fourth-order valence-electron chi connectivity index (χ4n) is 4.64. The number of allylic oxidation sites excluding steroid dienone is 5. The van der Waals surface area contributed by atoms with Crippen molar-refractivity contribution in [2.45, 2.75) is 44.7 Å². The molecule has 1 aromatic heterocycles. The van der Waals surface area contributed by atoms with Gasteiger partial charge in [0.15, 0.2) is 5.82 Å². The van der Waals surface area contributed by atoms with Gasteiger partial charge in [0.05, 0.1) is 6.26 Å². The highest BCUT2D eigenvalue weighted by atomic mass is 32.2. The van der Waals surface area contributed by atoms with Crippen LogP contribution in [0, 0.1) is 0 Å². The Labute approximate surface area is 233 Å². The van der Waals surface area contributed by atoms with Gasteiger partial charge < -0.3 is 10.2 Å². The van der Waals surface area contributed by atoms with E-state index in [0.717, 1.165) is 59.1 Å². The predicted molar refractivity (Wildman–Crippen MR) is 164 cm³/mol. The first kappa shape index (κ1) is 30.0. The average molecular weight is 549 g/mol. The highest BCUT2D eigenvalue weighted by molar-refractivity contribution is 7.88. The highest BCUT2D eigenvalue weighted by Crippen LogP contribution is 2.30. The van der Waals surface area contributed by atoms with Crippen LogP contribution in [0.1, 0.15) is 43.7 Å². The van der Waals surface area contributed by atoms with E-state index in [0.29, 0.717) is 11.6 Å². The van der Waals surface area contributed by atoms with Crippen LogP contribution in [0.2, 0.25) is 0 Å². The summed E-state index contributed by atoms with van der Waals surface area (Å²) in [6.45, 7) is 9.94.